The number of carboxylic acid groups (broad SMARTS) is 1. The molecule has 0 aliphatic rings. The molecular weight excluding hydrogens is 224 g/mol. The minimum Gasteiger partial charge on any atom is -0.481 e. The molecule has 0 radical (unpaired) electrons. The first-order valence-electron chi connectivity index (χ1n) is 7.64. The van der Waals surface area contributed by atoms with Crippen LogP contribution in [-0.4, -0.2) is 11.1 Å². The quantitative estimate of drug-likeness (QED) is 0.356. The van der Waals surface area contributed by atoms with Gasteiger partial charge in [0.15, 0.2) is 0 Å². The molecule has 0 aliphatic carbocycles. The molecule has 0 aliphatic heterocycles. The molecule has 0 rings (SSSR count). The normalized spacial score (nSPS) is 11.2. The highest BCUT2D eigenvalue weighted by molar-refractivity contribution is 5.66. The smallest absolute Gasteiger partial charge is 0.303 e. The van der Waals surface area contributed by atoms with E-state index in [1.54, 1.807) is 0 Å². The number of rotatable bonds is 13. The number of carboxylic acids is 1. The van der Waals surface area contributed by atoms with E-state index in [1.807, 2.05) is 0 Å². The zero-order valence-corrected chi connectivity index (χ0v) is 12.0. The molecule has 0 aromatic rings. The van der Waals surface area contributed by atoms with E-state index in [1.165, 1.54) is 44.9 Å². The Morgan fingerprint density at radius 2 is 1.33 bits per heavy atom. The molecule has 0 saturated carbocycles. The van der Waals surface area contributed by atoms with E-state index in [0.29, 0.717) is 6.42 Å². The van der Waals surface area contributed by atoms with Crippen LogP contribution in [0.3, 0.4) is 0 Å². The summed E-state index contributed by atoms with van der Waals surface area (Å²) in [5.41, 5.74) is 0. The summed E-state index contributed by atoms with van der Waals surface area (Å²) in [5, 5.41) is 8.48. The molecular formula is C16H30O2. The lowest BCUT2D eigenvalue weighted by Gasteiger charge is -1.98. The summed E-state index contributed by atoms with van der Waals surface area (Å²) < 4.78 is 0. The number of hydrogen-bond acceptors (Lipinski definition) is 1. The minimum absolute atomic E-state index is 0.321. The van der Waals surface area contributed by atoms with Crippen molar-refractivity contribution in [3.05, 3.63) is 12.2 Å². The van der Waals surface area contributed by atoms with Crippen molar-refractivity contribution in [1.82, 2.24) is 0 Å². The van der Waals surface area contributed by atoms with Crippen LogP contribution in [0.4, 0.5) is 0 Å². The van der Waals surface area contributed by atoms with Crippen molar-refractivity contribution in [2.75, 3.05) is 0 Å². The summed E-state index contributed by atoms with van der Waals surface area (Å²) >= 11 is 0. The lowest BCUT2D eigenvalue weighted by Crippen LogP contribution is -1.93. The number of aliphatic carboxylic acids is 1. The van der Waals surface area contributed by atoms with Crippen molar-refractivity contribution in [2.45, 2.75) is 84.0 Å². The lowest BCUT2D eigenvalue weighted by molar-refractivity contribution is -0.137. The van der Waals surface area contributed by atoms with Gasteiger partial charge in [0.25, 0.3) is 0 Å². The van der Waals surface area contributed by atoms with Crippen LogP contribution >= 0.6 is 0 Å². The zero-order chi connectivity index (χ0) is 13.5. The molecule has 0 bridgehead atoms. The van der Waals surface area contributed by atoms with Crippen LogP contribution in [0.2, 0.25) is 0 Å². The summed E-state index contributed by atoms with van der Waals surface area (Å²) in [6, 6.07) is 0. The fourth-order valence-electron chi connectivity index (χ4n) is 1.99. The average Bonchev–Trinajstić information content (AvgIpc) is 2.34. The number of allylic oxidation sites excluding steroid dienone is 2. The Labute approximate surface area is 112 Å². The van der Waals surface area contributed by atoms with Gasteiger partial charge in [-0.15, -0.1) is 0 Å². The molecule has 0 aromatic carbocycles. The lowest BCUT2D eigenvalue weighted by atomic mass is 10.1. The maximum absolute atomic E-state index is 10.3. The maximum Gasteiger partial charge on any atom is 0.303 e. The van der Waals surface area contributed by atoms with Gasteiger partial charge in [-0.25, -0.2) is 0 Å². The molecule has 1 N–H and O–H groups in total. The molecule has 2 nitrogen and oxygen atoms in total. The number of hydrogen-bond donors (Lipinski definition) is 1. The van der Waals surface area contributed by atoms with Crippen LogP contribution in [0.15, 0.2) is 12.2 Å². The molecule has 0 aromatic heterocycles. The van der Waals surface area contributed by atoms with Gasteiger partial charge in [0.05, 0.1) is 0 Å². The highest BCUT2D eigenvalue weighted by Crippen LogP contribution is 2.08. The van der Waals surface area contributed by atoms with Gasteiger partial charge in [-0.1, -0.05) is 57.6 Å². The fourth-order valence-corrected chi connectivity index (χ4v) is 1.99. The molecule has 18 heavy (non-hydrogen) atoms. The standard InChI is InChI=1S/C16H30O2/c1-2-3-4-5-6-7-8-9-10-11-12-13-14-15-16(17)18/h9-10H,2-8,11-15H2,1H3,(H,17,18)/b10-9-. The molecule has 0 atom stereocenters. The van der Waals surface area contributed by atoms with E-state index in [9.17, 15) is 4.79 Å². The second-order valence-electron chi connectivity index (χ2n) is 5.02. The van der Waals surface area contributed by atoms with Gasteiger partial charge in [0.2, 0.25) is 0 Å². The molecule has 0 amide bonds. The van der Waals surface area contributed by atoms with E-state index in [2.05, 4.69) is 19.1 Å². The van der Waals surface area contributed by atoms with Gasteiger partial charge in [-0.2, -0.15) is 0 Å². The van der Waals surface area contributed by atoms with Gasteiger partial charge >= 0.3 is 5.97 Å². The van der Waals surface area contributed by atoms with Crippen molar-refractivity contribution in [1.29, 1.82) is 0 Å². The topological polar surface area (TPSA) is 37.3 Å². The Morgan fingerprint density at radius 1 is 0.833 bits per heavy atom. The van der Waals surface area contributed by atoms with E-state index in [4.69, 9.17) is 5.11 Å². The van der Waals surface area contributed by atoms with Crippen LogP contribution < -0.4 is 0 Å². The Bertz CT molecular complexity index is 209. The number of unbranched alkanes of at least 4 members (excludes halogenated alkanes) is 9. The van der Waals surface area contributed by atoms with Gasteiger partial charge in [0.1, 0.15) is 0 Å². The Kier molecular flexibility index (Phi) is 13.6. The van der Waals surface area contributed by atoms with E-state index in [0.717, 1.165) is 25.7 Å². The summed E-state index contributed by atoms with van der Waals surface area (Å²) in [4.78, 5) is 10.3. The Balaban J connectivity index is 3.07. The predicted octanol–water partition coefficient (Wildman–Crippen LogP) is 5.33. The van der Waals surface area contributed by atoms with Crippen LogP contribution in [0.1, 0.15) is 84.0 Å². The molecule has 0 unspecified atom stereocenters. The SMILES string of the molecule is CCCCCCCC/C=C\CCCCCC(=O)O. The largest absolute Gasteiger partial charge is 0.481 e. The summed E-state index contributed by atoms with van der Waals surface area (Å²) in [6.07, 6.45) is 18.3. The van der Waals surface area contributed by atoms with Gasteiger partial charge in [0, 0.05) is 6.42 Å². The van der Waals surface area contributed by atoms with Crippen LogP contribution in [0, 0.1) is 0 Å². The maximum atomic E-state index is 10.3. The molecule has 0 heterocycles. The first-order chi connectivity index (χ1) is 8.77. The van der Waals surface area contributed by atoms with Crippen molar-refractivity contribution < 1.29 is 9.90 Å². The van der Waals surface area contributed by atoms with Gasteiger partial charge < -0.3 is 5.11 Å². The van der Waals surface area contributed by atoms with E-state index in [-0.39, 0.29) is 0 Å². The van der Waals surface area contributed by atoms with Crippen LogP contribution in [-0.2, 0) is 4.79 Å². The molecule has 0 saturated heterocycles. The van der Waals surface area contributed by atoms with Crippen LogP contribution in [0.5, 0.6) is 0 Å². The second kappa shape index (κ2) is 14.3. The van der Waals surface area contributed by atoms with E-state index < -0.39 is 5.97 Å². The van der Waals surface area contributed by atoms with Crippen molar-refractivity contribution in [2.24, 2.45) is 0 Å². The fraction of sp³-hybridized carbons (Fsp3) is 0.812. The first-order valence-corrected chi connectivity index (χ1v) is 7.64. The number of carbonyl (C=O) groups is 1. The third kappa shape index (κ3) is 15.2. The highest BCUT2D eigenvalue weighted by Gasteiger charge is 1.94. The second-order valence-corrected chi connectivity index (χ2v) is 5.02. The van der Waals surface area contributed by atoms with Crippen molar-refractivity contribution >= 4 is 5.97 Å². The third-order valence-corrected chi connectivity index (χ3v) is 3.15. The third-order valence-electron chi connectivity index (χ3n) is 3.15. The molecule has 0 fully saturated rings. The average molecular weight is 254 g/mol. The minimum atomic E-state index is -0.673. The van der Waals surface area contributed by atoms with Gasteiger partial charge in [-0.05, 0) is 32.1 Å². The van der Waals surface area contributed by atoms with Gasteiger partial charge in [-0.3, -0.25) is 4.79 Å². The molecule has 106 valence electrons. The molecule has 0 spiro atoms. The first kappa shape index (κ1) is 17.2. The van der Waals surface area contributed by atoms with Crippen molar-refractivity contribution in [3.63, 3.8) is 0 Å². The summed E-state index contributed by atoms with van der Waals surface area (Å²) in [7, 11) is 0. The molecule has 2 heteroatoms. The zero-order valence-electron chi connectivity index (χ0n) is 12.0. The van der Waals surface area contributed by atoms with Crippen LogP contribution in [0.25, 0.3) is 0 Å². The van der Waals surface area contributed by atoms with Crippen molar-refractivity contribution in [3.8, 4) is 0 Å². The van der Waals surface area contributed by atoms with E-state index >= 15 is 0 Å². The monoisotopic (exact) mass is 254 g/mol. The summed E-state index contributed by atoms with van der Waals surface area (Å²) in [6.45, 7) is 2.25. The highest BCUT2D eigenvalue weighted by atomic mass is 16.4. The predicted molar refractivity (Wildman–Crippen MR) is 77.9 cm³/mol. The summed E-state index contributed by atoms with van der Waals surface area (Å²) in [5.74, 6) is -0.673. The Morgan fingerprint density at radius 3 is 1.89 bits per heavy atom. The Hall–Kier alpha value is -0.790.